The third kappa shape index (κ3) is 6.88. The summed E-state index contributed by atoms with van der Waals surface area (Å²) < 4.78 is 0. The number of anilines is 2. The molecule has 0 spiro atoms. The molecule has 8 nitrogen and oxygen atoms in total. The Kier molecular flexibility index (Phi) is 8.58. The highest BCUT2D eigenvalue weighted by Gasteiger charge is 2.21. The fourth-order valence-electron chi connectivity index (χ4n) is 3.61. The van der Waals surface area contributed by atoms with E-state index in [0.29, 0.717) is 16.4 Å². The van der Waals surface area contributed by atoms with Crippen LogP contribution in [0.1, 0.15) is 16.1 Å². The topological polar surface area (TPSA) is 120 Å². The molecule has 0 unspecified atom stereocenters. The zero-order valence-corrected chi connectivity index (χ0v) is 21.3. The minimum atomic E-state index is -1.13. The molecule has 10 heteroatoms. The number of rotatable bonds is 8. The third-order valence-electron chi connectivity index (χ3n) is 5.56. The molecule has 3 aromatic carbocycles. The number of nitrogens with zero attached hydrogens (tertiary/aromatic N) is 1. The average Bonchev–Trinajstić information content (AvgIpc) is 2.92. The lowest BCUT2D eigenvalue weighted by Gasteiger charge is -2.14. The van der Waals surface area contributed by atoms with Crippen molar-refractivity contribution in [2.24, 2.45) is 0 Å². The Bertz CT molecular complexity index is 1450. The van der Waals surface area contributed by atoms with Crippen molar-refractivity contribution in [1.82, 2.24) is 10.3 Å². The molecule has 0 saturated heterocycles. The van der Waals surface area contributed by atoms with Gasteiger partial charge in [0.05, 0.1) is 15.7 Å². The minimum Gasteiger partial charge on any atom is -0.480 e. The van der Waals surface area contributed by atoms with E-state index >= 15 is 0 Å². The molecule has 0 aliphatic rings. The summed E-state index contributed by atoms with van der Waals surface area (Å²) in [6, 6.07) is 22.7. The van der Waals surface area contributed by atoms with Crippen LogP contribution in [-0.2, 0) is 11.2 Å². The van der Waals surface area contributed by atoms with Crippen LogP contribution >= 0.6 is 23.2 Å². The number of nitrogens with one attached hydrogen (secondary N) is 3. The van der Waals surface area contributed by atoms with Gasteiger partial charge in [0.1, 0.15) is 11.7 Å². The van der Waals surface area contributed by atoms with Crippen LogP contribution < -0.4 is 16.0 Å². The molecule has 38 heavy (non-hydrogen) atoms. The van der Waals surface area contributed by atoms with Gasteiger partial charge in [-0.2, -0.15) is 0 Å². The molecule has 3 amide bonds. The van der Waals surface area contributed by atoms with E-state index in [1.165, 1.54) is 12.3 Å². The molecule has 1 heterocycles. The van der Waals surface area contributed by atoms with E-state index in [1.54, 1.807) is 60.7 Å². The first kappa shape index (κ1) is 26.7. The number of benzene rings is 3. The summed E-state index contributed by atoms with van der Waals surface area (Å²) in [5.74, 6) is -1.71. The molecule has 4 rings (SSSR count). The van der Waals surface area contributed by atoms with Crippen molar-refractivity contribution < 1.29 is 19.5 Å². The van der Waals surface area contributed by atoms with Crippen LogP contribution in [0.2, 0.25) is 10.0 Å². The fourth-order valence-corrected chi connectivity index (χ4v) is 3.96. The van der Waals surface area contributed by atoms with E-state index in [2.05, 4.69) is 20.9 Å². The highest BCUT2D eigenvalue weighted by atomic mass is 35.5. The van der Waals surface area contributed by atoms with Crippen molar-refractivity contribution in [3.05, 3.63) is 112 Å². The van der Waals surface area contributed by atoms with E-state index in [1.807, 2.05) is 18.2 Å². The molecular weight excluding hydrogens is 527 g/mol. The molecule has 4 aromatic rings. The maximum Gasteiger partial charge on any atom is 0.326 e. The zero-order valence-electron chi connectivity index (χ0n) is 19.8. The average molecular weight is 549 g/mol. The van der Waals surface area contributed by atoms with Crippen LogP contribution in [0.5, 0.6) is 0 Å². The van der Waals surface area contributed by atoms with E-state index in [4.69, 9.17) is 23.2 Å². The molecule has 0 aliphatic heterocycles. The van der Waals surface area contributed by atoms with Gasteiger partial charge in [-0.1, -0.05) is 77.8 Å². The number of carbonyl (C=O) groups is 3. The van der Waals surface area contributed by atoms with Gasteiger partial charge in [-0.25, -0.2) is 9.59 Å². The van der Waals surface area contributed by atoms with Gasteiger partial charge in [0, 0.05) is 23.9 Å². The summed E-state index contributed by atoms with van der Waals surface area (Å²) in [6.45, 7) is 0. The van der Waals surface area contributed by atoms with Crippen molar-refractivity contribution in [1.29, 1.82) is 0 Å². The lowest BCUT2D eigenvalue weighted by molar-refractivity contribution is -0.139. The first-order valence-corrected chi connectivity index (χ1v) is 12.2. The standard InChI is InChI=1S/C28H22Cl2N4O4/c29-21-7-4-8-22(25(21)30)34-28(38)32-20-12-9-18(10-13-20)19-11-14-23(31-16-19)26(35)33-24(27(36)37)15-17-5-2-1-3-6-17/h1-14,16,24H,15H2,(H,33,35)(H,36,37)(H2,32,34,38)/t24-/m0/s1. The SMILES string of the molecule is O=C(Nc1ccc(-c2ccc(C(=O)N[C@@H](Cc3ccccc3)C(=O)O)nc2)cc1)Nc1cccc(Cl)c1Cl. The number of hydrogen-bond donors (Lipinski definition) is 4. The van der Waals surface area contributed by atoms with Crippen LogP contribution in [0, 0.1) is 0 Å². The van der Waals surface area contributed by atoms with Gasteiger partial charge in [-0.05, 0) is 41.5 Å². The van der Waals surface area contributed by atoms with Crippen LogP contribution in [0.25, 0.3) is 11.1 Å². The van der Waals surface area contributed by atoms with Gasteiger partial charge in [-0.3, -0.25) is 9.78 Å². The quantitative estimate of drug-likeness (QED) is 0.211. The first-order valence-electron chi connectivity index (χ1n) is 11.5. The van der Waals surface area contributed by atoms with Gasteiger partial charge in [0.15, 0.2) is 0 Å². The Balaban J connectivity index is 1.36. The predicted octanol–water partition coefficient (Wildman–Crippen LogP) is 6.13. The lowest BCUT2D eigenvalue weighted by atomic mass is 10.1. The number of urea groups is 1. The van der Waals surface area contributed by atoms with Gasteiger partial charge in [0.2, 0.25) is 0 Å². The number of hydrogen-bond acceptors (Lipinski definition) is 4. The number of carboxylic acids is 1. The van der Waals surface area contributed by atoms with Crippen molar-refractivity contribution in [2.45, 2.75) is 12.5 Å². The zero-order chi connectivity index (χ0) is 27.1. The summed E-state index contributed by atoms with van der Waals surface area (Å²) in [4.78, 5) is 40.8. The van der Waals surface area contributed by atoms with Gasteiger partial charge in [0.25, 0.3) is 5.91 Å². The third-order valence-corrected chi connectivity index (χ3v) is 6.38. The van der Waals surface area contributed by atoms with E-state index in [9.17, 15) is 19.5 Å². The van der Waals surface area contributed by atoms with Crippen molar-refractivity contribution in [2.75, 3.05) is 10.6 Å². The minimum absolute atomic E-state index is 0.0997. The number of aromatic nitrogens is 1. The maximum absolute atomic E-state index is 12.6. The van der Waals surface area contributed by atoms with Crippen LogP contribution in [0.3, 0.4) is 0 Å². The van der Waals surface area contributed by atoms with Crippen molar-refractivity contribution >= 4 is 52.5 Å². The van der Waals surface area contributed by atoms with E-state index < -0.39 is 23.9 Å². The van der Waals surface area contributed by atoms with Gasteiger partial charge in [-0.15, -0.1) is 0 Å². The van der Waals surface area contributed by atoms with Gasteiger partial charge < -0.3 is 21.1 Å². The molecule has 0 radical (unpaired) electrons. The van der Waals surface area contributed by atoms with Crippen molar-refractivity contribution in [3.63, 3.8) is 0 Å². The fraction of sp³-hybridized carbons (Fsp3) is 0.0714. The van der Waals surface area contributed by atoms with Gasteiger partial charge >= 0.3 is 12.0 Å². The first-order chi connectivity index (χ1) is 18.3. The normalized spacial score (nSPS) is 11.3. The van der Waals surface area contributed by atoms with E-state index in [-0.39, 0.29) is 17.1 Å². The van der Waals surface area contributed by atoms with Crippen LogP contribution in [-0.4, -0.2) is 34.0 Å². The van der Waals surface area contributed by atoms with Crippen molar-refractivity contribution in [3.8, 4) is 11.1 Å². The lowest BCUT2D eigenvalue weighted by Crippen LogP contribution is -2.42. The maximum atomic E-state index is 12.6. The second kappa shape index (κ2) is 12.2. The molecule has 1 atom stereocenters. The molecule has 1 aromatic heterocycles. The largest absolute Gasteiger partial charge is 0.480 e. The second-order valence-electron chi connectivity index (χ2n) is 8.24. The molecule has 4 N–H and O–H groups in total. The summed E-state index contributed by atoms with van der Waals surface area (Å²) in [6.07, 6.45) is 1.68. The Labute approximate surface area is 228 Å². The number of halogens is 2. The molecule has 0 aliphatic carbocycles. The summed E-state index contributed by atoms with van der Waals surface area (Å²) in [5, 5.41) is 18.0. The number of carbonyl (C=O) groups excluding carboxylic acids is 2. The molecule has 0 bridgehead atoms. The number of amides is 3. The summed E-state index contributed by atoms with van der Waals surface area (Å²) in [7, 11) is 0. The number of aliphatic carboxylic acids is 1. The summed E-state index contributed by atoms with van der Waals surface area (Å²) in [5.41, 5.74) is 3.38. The number of carboxylic acid groups (broad SMARTS) is 1. The second-order valence-corrected chi connectivity index (χ2v) is 9.03. The number of pyridine rings is 1. The monoisotopic (exact) mass is 548 g/mol. The highest BCUT2D eigenvalue weighted by Crippen LogP contribution is 2.29. The molecular formula is C28H22Cl2N4O4. The highest BCUT2D eigenvalue weighted by molar-refractivity contribution is 6.44. The Hall–Kier alpha value is -4.40. The summed E-state index contributed by atoms with van der Waals surface area (Å²) >= 11 is 12.1. The Morgan fingerprint density at radius 1 is 0.816 bits per heavy atom. The Morgan fingerprint density at radius 2 is 1.53 bits per heavy atom. The Morgan fingerprint density at radius 3 is 2.18 bits per heavy atom. The van der Waals surface area contributed by atoms with Crippen LogP contribution in [0.15, 0.2) is 91.1 Å². The van der Waals surface area contributed by atoms with Crippen LogP contribution in [0.4, 0.5) is 16.2 Å². The smallest absolute Gasteiger partial charge is 0.326 e. The molecule has 0 saturated carbocycles. The predicted molar refractivity (Wildman–Crippen MR) is 148 cm³/mol. The van der Waals surface area contributed by atoms with E-state index in [0.717, 1.165) is 16.7 Å². The molecule has 0 fully saturated rings. The molecule has 192 valence electrons.